The summed E-state index contributed by atoms with van der Waals surface area (Å²) in [4.78, 5) is 12.6. The predicted molar refractivity (Wildman–Crippen MR) is 109 cm³/mol. The van der Waals surface area contributed by atoms with Gasteiger partial charge in [0.25, 0.3) is 5.91 Å². The molecule has 27 heavy (non-hydrogen) atoms. The molecule has 0 bridgehead atoms. The molecule has 0 radical (unpaired) electrons. The Balaban J connectivity index is 1.64. The standard InChI is InChI=1S/C22H20BrNO3/c23-19-12-6-4-10-17(19)15-27-21-13-7-5-11-18(21)22(26)24-14-20(25)16-8-2-1-3-9-16/h1-13,20,25H,14-15H2,(H,24,26). The minimum atomic E-state index is -0.761. The number of nitrogens with one attached hydrogen (secondary N) is 1. The molecule has 1 amide bonds. The molecule has 5 heteroatoms. The first-order chi connectivity index (χ1) is 13.1. The molecule has 0 aliphatic heterocycles. The lowest BCUT2D eigenvalue weighted by atomic mass is 10.1. The zero-order valence-corrected chi connectivity index (χ0v) is 16.2. The Kier molecular flexibility index (Phi) is 6.63. The monoisotopic (exact) mass is 425 g/mol. The Hall–Kier alpha value is -2.63. The summed E-state index contributed by atoms with van der Waals surface area (Å²) in [6, 6.07) is 24.1. The van der Waals surface area contributed by atoms with Gasteiger partial charge in [0.1, 0.15) is 12.4 Å². The number of aliphatic hydroxyl groups excluding tert-OH is 1. The number of hydrogen-bond donors (Lipinski definition) is 2. The van der Waals surface area contributed by atoms with Crippen molar-refractivity contribution in [3.63, 3.8) is 0 Å². The number of carbonyl (C=O) groups is 1. The molecular weight excluding hydrogens is 406 g/mol. The molecule has 0 aliphatic carbocycles. The first-order valence-electron chi connectivity index (χ1n) is 8.61. The lowest BCUT2D eigenvalue weighted by Gasteiger charge is -2.15. The molecule has 0 saturated heterocycles. The summed E-state index contributed by atoms with van der Waals surface area (Å²) in [5, 5.41) is 13.0. The fraction of sp³-hybridized carbons (Fsp3) is 0.136. The molecule has 3 aromatic rings. The van der Waals surface area contributed by atoms with Crippen molar-refractivity contribution in [3.8, 4) is 5.75 Å². The van der Waals surface area contributed by atoms with Crippen molar-refractivity contribution in [1.29, 1.82) is 0 Å². The highest BCUT2D eigenvalue weighted by atomic mass is 79.9. The Morgan fingerprint density at radius 3 is 2.41 bits per heavy atom. The lowest BCUT2D eigenvalue weighted by Crippen LogP contribution is -2.28. The van der Waals surface area contributed by atoms with E-state index >= 15 is 0 Å². The number of benzene rings is 3. The van der Waals surface area contributed by atoms with E-state index in [2.05, 4.69) is 21.2 Å². The zero-order chi connectivity index (χ0) is 19.1. The van der Waals surface area contributed by atoms with E-state index in [9.17, 15) is 9.90 Å². The van der Waals surface area contributed by atoms with Crippen LogP contribution in [0.5, 0.6) is 5.75 Å². The molecule has 0 aliphatic rings. The molecule has 138 valence electrons. The second-order valence-electron chi connectivity index (χ2n) is 6.01. The normalized spacial score (nSPS) is 11.6. The molecule has 3 rings (SSSR count). The number of ether oxygens (including phenoxy) is 1. The fourth-order valence-corrected chi connectivity index (χ4v) is 3.03. The van der Waals surface area contributed by atoms with E-state index in [4.69, 9.17) is 4.74 Å². The number of rotatable bonds is 7. The third-order valence-corrected chi connectivity index (χ3v) is 4.89. The van der Waals surface area contributed by atoms with Crippen molar-refractivity contribution < 1.29 is 14.6 Å². The molecule has 0 saturated carbocycles. The summed E-state index contributed by atoms with van der Waals surface area (Å²) in [6.07, 6.45) is -0.761. The fourth-order valence-electron chi connectivity index (χ4n) is 2.63. The molecule has 3 aromatic carbocycles. The molecule has 2 N–H and O–H groups in total. The highest BCUT2D eigenvalue weighted by Gasteiger charge is 2.15. The van der Waals surface area contributed by atoms with Crippen molar-refractivity contribution in [2.75, 3.05) is 6.54 Å². The second-order valence-corrected chi connectivity index (χ2v) is 6.87. The third kappa shape index (κ3) is 5.18. The van der Waals surface area contributed by atoms with Crippen LogP contribution in [0.2, 0.25) is 0 Å². The zero-order valence-electron chi connectivity index (χ0n) is 14.6. The SMILES string of the molecule is O=C(NCC(O)c1ccccc1)c1ccccc1OCc1ccccc1Br. The predicted octanol–water partition coefficient (Wildman–Crippen LogP) is 4.49. The summed E-state index contributed by atoms with van der Waals surface area (Å²) >= 11 is 3.49. The van der Waals surface area contributed by atoms with Crippen LogP contribution in [0.3, 0.4) is 0 Å². The van der Waals surface area contributed by atoms with Crippen LogP contribution in [0.25, 0.3) is 0 Å². The molecule has 0 spiro atoms. The van der Waals surface area contributed by atoms with E-state index in [1.165, 1.54) is 0 Å². The number of amides is 1. The molecule has 0 aromatic heterocycles. The van der Waals surface area contributed by atoms with Crippen LogP contribution < -0.4 is 10.1 Å². The quantitative estimate of drug-likeness (QED) is 0.585. The van der Waals surface area contributed by atoms with Crippen LogP contribution in [0, 0.1) is 0 Å². The molecule has 0 heterocycles. The minimum Gasteiger partial charge on any atom is -0.488 e. The Labute approximate surface area is 166 Å². The van der Waals surface area contributed by atoms with Gasteiger partial charge in [0, 0.05) is 16.6 Å². The van der Waals surface area contributed by atoms with Crippen LogP contribution in [0.15, 0.2) is 83.3 Å². The lowest BCUT2D eigenvalue weighted by molar-refractivity contribution is 0.0912. The summed E-state index contributed by atoms with van der Waals surface area (Å²) < 4.78 is 6.82. The Morgan fingerprint density at radius 2 is 1.63 bits per heavy atom. The van der Waals surface area contributed by atoms with Crippen LogP contribution >= 0.6 is 15.9 Å². The minimum absolute atomic E-state index is 0.126. The van der Waals surface area contributed by atoms with Crippen LogP contribution in [0.4, 0.5) is 0 Å². The van der Waals surface area contributed by atoms with Gasteiger partial charge in [-0.3, -0.25) is 4.79 Å². The van der Waals surface area contributed by atoms with Crippen molar-refractivity contribution in [1.82, 2.24) is 5.32 Å². The van der Waals surface area contributed by atoms with Gasteiger partial charge in [0.15, 0.2) is 0 Å². The summed E-state index contributed by atoms with van der Waals surface area (Å²) in [6.45, 7) is 0.472. The summed E-state index contributed by atoms with van der Waals surface area (Å²) in [5.41, 5.74) is 2.19. The van der Waals surface area contributed by atoms with Crippen molar-refractivity contribution in [2.45, 2.75) is 12.7 Å². The van der Waals surface area contributed by atoms with Gasteiger partial charge in [-0.05, 0) is 23.8 Å². The van der Waals surface area contributed by atoms with Crippen LogP contribution in [-0.2, 0) is 6.61 Å². The Morgan fingerprint density at radius 1 is 0.963 bits per heavy atom. The molecular formula is C22H20BrNO3. The molecule has 4 nitrogen and oxygen atoms in total. The Bertz CT molecular complexity index is 899. The smallest absolute Gasteiger partial charge is 0.255 e. The number of para-hydroxylation sites is 1. The summed E-state index contributed by atoms with van der Waals surface area (Å²) in [5.74, 6) is 0.215. The number of carbonyl (C=O) groups excluding carboxylic acids is 1. The maximum atomic E-state index is 12.6. The van der Waals surface area contributed by atoms with Gasteiger partial charge in [-0.1, -0.05) is 76.6 Å². The number of hydrogen-bond acceptors (Lipinski definition) is 3. The number of aliphatic hydroxyl groups is 1. The average Bonchev–Trinajstić information content (AvgIpc) is 2.72. The van der Waals surface area contributed by atoms with Gasteiger partial charge >= 0.3 is 0 Å². The largest absolute Gasteiger partial charge is 0.488 e. The highest BCUT2D eigenvalue weighted by molar-refractivity contribution is 9.10. The maximum Gasteiger partial charge on any atom is 0.255 e. The van der Waals surface area contributed by atoms with Gasteiger partial charge < -0.3 is 15.2 Å². The van der Waals surface area contributed by atoms with E-state index in [1.54, 1.807) is 18.2 Å². The maximum absolute atomic E-state index is 12.6. The first-order valence-corrected chi connectivity index (χ1v) is 9.41. The second kappa shape index (κ2) is 9.35. The topological polar surface area (TPSA) is 58.6 Å². The van der Waals surface area contributed by atoms with Gasteiger partial charge in [0.05, 0.1) is 11.7 Å². The molecule has 1 unspecified atom stereocenters. The van der Waals surface area contributed by atoms with E-state index in [-0.39, 0.29) is 12.5 Å². The first kappa shape index (κ1) is 19.1. The van der Waals surface area contributed by atoms with Gasteiger partial charge in [-0.25, -0.2) is 0 Å². The van der Waals surface area contributed by atoms with E-state index in [0.717, 1.165) is 15.6 Å². The van der Waals surface area contributed by atoms with Gasteiger partial charge in [0.2, 0.25) is 0 Å². The van der Waals surface area contributed by atoms with Crippen LogP contribution in [0.1, 0.15) is 27.6 Å². The van der Waals surface area contributed by atoms with Crippen molar-refractivity contribution in [2.24, 2.45) is 0 Å². The van der Waals surface area contributed by atoms with E-state index in [1.807, 2.05) is 60.7 Å². The van der Waals surface area contributed by atoms with Crippen molar-refractivity contribution in [3.05, 3.63) is 100 Å². The summed E-state index contributed by atoms with van der Waals surface area (Å²) in [7, 11) is 0. The van der Waals surface area contributed by atoms with E-state index in [0.29, 0.717) is 17.9 Å². The average molecular weight is 426 g/mol. The third-order valence-electron chi connectivity index (χ3n) is 4.11. The van der Waals surface area contributed by atoms with Gasteiger partial charge in [-0.2, -0.15) is 0 Å². The van der Waals surface area contributed by atoms with Crippen molar-refractivity contribution >= 4 is 21.8 Å². The highest BCUT2D eigenvalue weighted by Crippen LogP contribution is 2.22. The van der Waals surface area contributed by atoms with Crippen LogP contribution in [-0.4, -0.2) is 17.6 Å². The molecule has 1 atom stereocenters. The molecule has 0 fully saturated rings. The number of halogens is 1. The van der Waals surface area contributed by atoms with E-state index < -0.39 is 6.10 Å². The van der Waals surface area contributed by atoms with Gasteiger partial charge in [-0.15, -0.1) is 0 Å².